The number of amides is 1. The van der Waals surface area contributed by atoms with Crippen LogP contribution >= 0.6 is 24.0 Å². The van der Waals surface area contributed by atoms with Gasteiger partial charge in [0, 0.05) is 57.8 Å². The summed E-state index contributed by atoms with van der Waals surface area (Å²) in [4.78, 5) is 18.8. The first-order valence-corrected chi connectivity index (χ1v) is 11.7. The van der Waals surface area contributed by atoms with Gasteiger partial charge in [-0.2, -0.15) is 0 Å². The van der Waals surface area contributed by atoms with Crippen molar-refractivity contribution in [2.75, 3.05) is 60.0 Å². The Labute approximate surface area is 210 Å². The van der Waals surface area contributed by atoms with Crippen molar-refractivity contribution < 1.29 is 9.53 Å². The summed E-state index contributed by atoms with van der Waals surface area (Å²) in [6.45, 7) is 6.67. The van der Waals surface area contributed by atoms with Crippen molar-refractivity contribution in [2.24, 2.45) is 10.4 Å². The fourth-order valence-corrected chi connectivity index (χ4v) is 4.76. The number of hydrogen-bond donors (Lipinski definition) is 3. The van der Waals surface area contributed by atoms with Crippen molar-refractivity contribution in [3.63, 3.8) is 0 Å². The molecule has 0 unspecified atom stereocenters. The van der Waals surface area contributed by atoms with E-state index < -0.39 is 0 Å². The van der Waals surface area contributed by atoms with Gasteiger partial charge in [-0.25, -0.2) is 0 Å². The van der Waals surface area contributed by atoms with Gasteiger partial charge in [-0.05, 0) is 37.0 Å². The van der Waals surface area contributed by atoms with Crippen LogP contribution < -0.4 is 16.0 Å². The van der Waals surface area contributed by atoms with Crippen LogP contribution in [0.3, 0.4) is 0 Å². The average molecular weight is 558 g/mol. The SMILES string of the molecule is CN=C(NCCc1cccc(C(=O)NC)c1)NCC1(CN2CCOCC2)CCCCC1.I. The molecule has 32 heavy (non-hydrogen) atoms. The molecule has 2 fully saturated rings. The minimum absolute atomic E-state index is 0. The Morgan fingerprint density at radius 3 is 2.59 bits per heavy atom. The van der Waals surface area contributed by atoms with Crippen LogP contribution in [0.2, 0.25) is 0 Å². The monoisotopic (exact) mass is 557 g/mol. The van der Waals surface area contributed by atoms with Gasteiger partial charge in [0.15, 0.2) is 5.96 Å². The predicted octanol–water partition coefficient (Wildman–Crippen LogP) is 2.65. The Balaban J connectivity index is 0.00000363. The van der Waals surface area contributed by atoms with Crippen LogP contribution in [-0.4, -0.2) is 76.8 Å². The lowest BCUT2D eigenvalue weighted by Gasteiger charge is -2.42. The number of rotatable bonds is 8. The molecule has 8 heteroatoms. The second-order valence-corrected chi connectivity index (χ2v) is 8.83. The molecule has 1 saturated heterocycles. The van der Waals surface area contributed by atoms with E-state index >= 15 is 0 Å². The summed E-state index contributed by atoms with van der Waals surface area (Å²) in [7, 11) is 3.49. The number of benzene rings is 1. The molecule has 180 valence electrons. The van der Waals surface area contributed by atoms with Gasteiger partial charge in [0.05, 0.1) is 13.2 Å². The van der Waals surface area contributed by atoms with E-state index in [2.05, 4.69) is 31.9 Å². The van der Waals surface area contributed by atoms with Gasteiger partial charge in [0.1, 0.15) is 0 Å². The highest BCUT2D eigenvalue weighted by molar-refractivity contribution is 14.0. The van der Waals surface area contributed by atoms with Crippen molar-refractivity contribution >= 4 is 35.8 Å². The largest absolute Gasteiger partial charge is 0.379 e. The van der Waals surface area contributed by atoms with Crippen LogP contribution in [0.25, 0.3) is 0 Å². The molecule has 0 bridgehead atoms. The number of nitrogens with one attached hydrogen (secondary N) is 3. The Morgan fingerprint density at radius 1 is 1.16 bits per heavy atom. The molecule has 3 N–H and O–H groups in total. The lowest BCUT2D eigenvalue weighted by Crippen LogP contribution is -2.51. The van der Waals surface area contributed by atoms with Crippen LogP contribution in [-0.2, 0) is 11.2 Å². The van der Waals surface area contributed by atoms with Gasteiger partial charge in [0.2, 0.25) is 0 Å². The van der Waals surface area contributed by atoms with Gasteiger partial charge in [-0.3, -0.25) is 14.7 Å². The zero-order chi connectivity index (χ0) is 21.9. The molecule has 1 heterocycles. The third kappa shape index (κ3) is 8.19. The predicted molar refractivity (Wildman–Crippen MR) is 141 cm³/mol. The molecule has 0 atom stereocenters. The zero-order valence-corrected chi connectivity index (χ0v) is 22.0. The Bertz CT molecular complexity index is 731. The minimum Gasteiger partial charge on any atom is -0.379 e. The van der Waals surface area contributed by atoms with Crippen LogP contribution in [0, 0.1) is 5.41 Å². The van der Waals surface area contributed by atoms with E-state index in [0.29, 0.717) is 11.0 Å². The average Bonchev–Trinajstić information content (AvgIpc) is 2.82. The molecule has 0 radical (unpaired) electrons. The quantitative estimate of drug-likeness (QED) is 0.260. The van der Waals surface area contributed by atoms with Crippen LogP contribution in [0.4, 0.5) is 0 Å². The number of aliphatic imine (C=N–C) groups is 1. The third-order valence-corrected chi connectivity index (χ3v) is 6.55. The van der Waals surface area contributed by atoms with Crippen molar-refractivity contribution in [2.45, 2.75) is 38.5 Å². The highest BCUT2D eigenvalue weighted by atomic mass is 127. The summed E-state index contributed by atoms with van der Waals surface area (Å²) in [5.74, 6) is 0.805. The number of nitrogens with zero attached hydrogens (tertiary/aromatic N) is 2. The van der Waals surface area contributed by atoms with E-state index in [1.54, 1.807) is 7.05 Å². The second kappa shape index (κ2) is 14.0. The van der Waals surface area contributed by atoms with Gasteiger partial charge < -0.3 is 20.7 Å². The topological polar surface area (TPSA) is 78.0 Å². The summed E-state index contributed by atoms with van der Waals surface area (Å²) >= 11 is 0. The molecule has 1 aromatic rings. The van der Waals surface area contributed by atoms with Gasteiger partial charge in [-0.15, -0.1) is 24.0 Å². The maximum Gasteiger partial charge on any atom is 0.251 e. The van der Waals surface area contributed by atoms with E-state index in [9.17, 15) is 4.79 Å². The molecule has 2 aliphatic rings. The summed E-state index contributed by atoms with van der Waals surface area (Å²) in [5.41, 5.74) is 2.15. The highest BCUT2D eigenvalue weighted by Crippen LogP contribution is 2.36. The first-order valence-electron chi connectivity index (χ1n) is 11.7. The summed E-state index contributed by atoms with van der Waals surface area (Å²) in [6.07, 6.45) is 7.39. The fraction of sp³-hybridized carbons (Fsp3) is 0.667. The van der Waals surface area contributed by atoms with Crippen molar-refractivity contribution in [1.29, 1.82) is 0 Å². The van der Waals surface area contributed by atoms with Crippen molar-refractivity contribution in [3.8, 4) is 0 Å². The number of morpholine rings is 1. The minimum atomic E-state index is -0.0506. The van der Waals surface area contributed by atoms with E-state index in [-0.39, 0.29) is 29.9 Å². The molecule has 0 spiro atoms. The van der Waals surface area contributed by atoms with Crippen LogP contribution in [0.15, 0.2) is 29.3 Å². The van der Waals surface area contributed by atoms with E-state index in [4.69, 9.17) is 4.74 Å². The maximum atomic E-state index is 11.8. The molecule has 1 saturated carbocycles. The molecular formula is C24H40IN5O2. The van der Waals surface area contributed by atoms with E-state index in [1.807, 2.05) is 25.2 Å². The Hall–Kier alpha value is -1.39. The second-order valence-electron chi connectivity index (χ2n) is 8.83. The van der Waals surface area contributed by atoms with Gasteiger partial charge >= 0.3 is 0 Å². The number of carbonyl (C=O) groups excluding carboxylic acids is 1. The first-order chi connectivity index (χ1) is 15.1. The lowest BCUT2D eigenvalue weighted by atomic mass is 9.73. The maximum absolute atomic E-state index is 11.8. The smallest absolute Gasteiger partial charge is 0.251 e. The highest BCUT2D eigenvalue weighted by Gasteiger charge is 2.34. The summed E-state index contributed by atoms with van der Waals surface area (Å²) in [6, 6.07) is 7.79. The zero-order valence-electron chi connectivity index (χ0n) is 19.6. The normalized spacial score (nSPS) is 19.0. The van der Waals surface area contributed by atoms with E-state index in [1.165, 1.54) is 32.1 Å². The lowest BCUT2D eigenvalue weighted by molar-refractivity contribution is 0.00820. The Kier molecular flexibility index (Phi) is 11.7. The standard InChI is InChI=1S/C24H39N5O2.HI/c1-25-22(30)21-8-6-7-20(17-21)9-12-27-23(26-2)28-18-24(10-4-3-5-11-24)19-29-13-15-31-16-14-29;/h6-8,17H,3-5,9-16,18-19H2,1-2H3,(H,25,30)(H2,26,27,28);1H. The van der Waals surface area contributed by atoms with Gasteiger partial charge in [-0.1, -0.05) is 31.4 Å². The van der Waals surface area contributed by atoms with Crippen molar-refractivity contribution in [1.82, 2.24) is 20.9 Å². The third-order valence-electron chi connectivity index (χ3n) is 6.55. The summed E-state index contributed by atoms with van der Waals surface area (Å²) in [5, 5.41) is 9.74. The first kappa shape index (κ1) is 26.9. The molecule has 1 amide bonds. The number of carbonyl (C=O) groups is 1. The Morgan fingerprint density at radius 2 is 1.91 bits per heavy atom. The molecule has 1 aromatic carbocycles. The molecule has 7 nitrogen and oxygen atoms in total. The number of hydrogen-bond acceptors (Lipinski definition) is 4. The number of halogens is 1. The molecule has 0 aromatic heterocycles. The van der Waals surface area contributed by atoms with E-state index in [0.717, 1.165) is 63.9 Å². The van der Waals surface area contributed by atoms with Crippen LogP contribution in [0.5, 0.6) is 0 Å². The molecular weight excluding hydrogens is 517 g/mol. The molecule has 3 rings (SSSR count). The molecule has 1 aliphatic heterocycles. The van der Waals surface area contributed by atoms with Crippen molar-refractivity contribution in [3.05, 3.63) is 35.4 Å². The molecule has 1 aliphatic carbocycles. The van der Waals surface area contributed by atoms with Gasteiger partial charge in [0.25, 0.3) is 5.91 Å². The van der Waals surface area contributed by atoms with Crippen LogP contribution in [0.1, 0.15) is 48.0 Å². The number of ether oxygens (including phenoxy) is 1. The fourth-order valence-electron chi connectivity index (χ4n) is 4.76. The number of guanidine groups is 1. The summed E-state index contributed by atoms with van der Waals surface area (Å²) < 4.78 is 5.54.